The van der Waals surface area contributed by atoms with Crippen LogP contribution in [0.25, 0.3) is 0 Å². The molecule has 7 nitrogen and oxygen atoms in total. The molecule has 9 heteroatoms. The largest absolute Gasteiger partial charge is 0.495 e. The highest BCUT2D eigenvalue weighted by molar-refractivity contribution is 7.99. The molecule has 2 aromatic carbocycles. The quantitative estimate of drug-likeness (QED) is 0.340. The van der Waals surface area contributed by atoms with E-state index in [2.05, 4.69) is 22.1 Å². The summed E-state index contributed by atoms with van der Waals surface area (Å²) in [5, 5.41) is 12.4. The number of hydrogen-bond donors (Lipinski definition) is 1. The maximum Gasteiger partial charge on any atom is 0.234 e. The number of allylic oxidation sites excluding steroid dienone is 1. The lowest BCUT2D eigenvalue weighted by Crippen LogP contribution is -2.15. The van der Waals surface area contributed by atoms with Crippen molar-refractivity contribution in [3.8, 4) is 11.5 Å². The van der Waals surface area contributed by atoms with Gasteiger partial charge in [0.25, 0.3) is 0 Å². The third kappa shape index (κ3) is 6.02. The van der Waals surface area contributed by atoms with E-state index in [1.807, 2.05) is 41.8 Å². The molecular weight excluding hydrogens is 436 g/mol. The number of aromatic nitrogens is 3. The van der Waals surface area contributed by atoms with Crippen molar-refractivity contribution < 1.29 is 14.3 Å². The number of benzene rings is 2. The maximum atomic E-state index is 12.4. The van der Waals surface area contributed by atoms with Crippen LogP contribution in [0.1, 0.15) is 18.9 Å². The van der Waals surface area contributed by atoms with Crippen LogP contribution in [0.3, 0.4) is 0 Å². The van der Waals surface area contributed by atoms with Crippen molar-refractivity contribution in [1.29, 1.82) is 0 Å². The Hall–Kier alpha value is -2.97. The fourth-order valence-electron chi connectivity index (χ4n) is 2.84. The van der Waals surface area contributed by atoms with E-state index in [1.165, 1.54) is 18.9 Å². The summed E-state index contributed by atoms with van der Waals surface area (Å²) < 4.78 is 13.0. The number of hydrogen-bond acceptors (Lipinski definition) is 6. The molecule has 1 amide bonds. The molecular formula is C22H23ClN4O3S. The van der Waals surface area contributed by atoms with Crippen LogP contribution >= 0.6 is 23.4 Å². The first-order valence-electron chi connectivity index (χ1n) is 9.53. The number of anilines is 1. The molecule has 3 aromatic rings. The summed E-state index contributed by atoms with van der Waals surface area (Å²) in [6.07, 6.45) is 1.44. The van der Waals surface area contributed by atoms with Crippen LogP contribution < -0.4 is 14.8 Å². The molecule has 3 rings (SSSR count). The highest BCUT2D eigenvalue weighted by Crippen LogP contribution is 2.28. The number of carbonyl (C=O) groups excluding carboxylic acids is 1. The van der Waals surface area contributed by atoms with E-state index in [9.17, 15) is 4.79 Å². The van der Waals surface area contributed by atoms with Crippen molar-refractivity contribution in [2.75, 3.05) is 18.2 Å². The molecule has 0 aliphatic rings. The molecule has 31 heavy (non-hydrogen) atoms. The van der Waals surface area contributed by atoms with Gasteiger partial charge in [0.05, 0.1) is 17.9 Å². The number of carbonyl (C=O) groups is 1. The van der Waals surface area contributed by atoms with Gasteiger partial charge in [-0.25, -0.2) is 0 Å². The molecule has 1 unspecified atom stereocenters. The van der Waals surface area contributed by atoms with E-state index >= 15 is 0 Å². The van der Waals surface area contributed by atoms with Gasteiger partial charge in [0, 0.05) is 12.2 Å². The summed E-state index contributed by atoms with van der Waals surface area (Å²) in [6.45, 7) is 6.22. The lowest BCUT2D eigenvalue weighted by atomic mass is 10.3. The van der Waals surface area contributed by atoms with Crippen molar-refractivity contribution in [1.82, 2.24) is 14.8 Å². The molecule has 0 spiro atoms. The number of thioether (sulfide) groups is 1. The van der Waals surface area contributed by atoms with Gasteiger partial charge in [-0.3, -0.25) is 9.36 Å². The maximum absolute atomic E-state index is 12.4. The number of para-hydroxylation sites is 1. The van der Waals surface area contributed by atoms with Crippen molar-refractivity contribution in [3.63, 3.8) is 0 Å². The second-order valence-corrected chi connectivity index (χ2v) is 7.85. The standard InChI is InChI=1S/C22H23ClN4O3S/c1-4-12-27-21(15(2)30-17-8-6-5-7-9-17)25-26-22(27)31-14-20(28)24-16-10-11-19(29-3)18(23)13-16/h4-11,13,15H,1,12,14H2,2-3H3,(H,24,28). The molecule has 162 valence electrons. The Labute approximate surface area is 190 Å². The Bertz CT molecular complexity index is 1040. The van der Waals surface area contributed by atoms with Crippen LogP contribution in [0.15, 0.2) is 66.3 Å². The first kappa shape index (κ1) is 22.7. The molecule has 0 aliphatic carbocycles. The molecule has 1 heterocycles. The SMILES string of the molecule is C=CCn1c(SCC(=O)Nc2ccc(OC)c(Cl)c2)nnc1C(C)Oc1ccccc1. The summed E-state index contributed by atoms with van der Waals surface area (Å²) in [5.41, 5.74) is 0.592. The number of nitrogens with one attached hydrogen (secondary N) is 1. The number of halogens is 1. The molecule has 0 bridgehead atoms. The monoisotopic (exact) mass is 458 g/mol. The summed E-state index contributed by atoms with van der Waals surface area (Å²) in [6, 6.07) is 14.6. The van der Waals surface area contributed by atoms with Gasteiger partial charge in [0.2, 0.25) is 5.91 Å². The lowest BCUT2D eigenvalue weighted by molar-refractivity contribution is -0.113. The van der Waals surface area contributed by atoms with E-state index in [-0.39, 0.29) is 17.8 Å². The van der Waals surface area contributed by atoms with E-state index in [1.54, 1.807) is 24.3 Å². The van der Waals surface area contributed by atoms with Crippen molar-refractivity contribution in [2.45, 2.75) is 24.7 Å². The van der Waals surface area contributed by atoms with Gasteiger partial charge in [0.15, 0.2) is 17.1 Å². The van der Waals surface area contributed by atoms with Gasteiger partial charge in [0.1, 0.15) is 11.5 Å². The molecule has 0 fully saturated rings. The molecule has 0 radical (unpaired) electrons. The van der Waals surface area contributed by atoms with Crippen molar-refractivity contribution >= 4 is 35.0 Å². The van der Waals surface area contributed by atoms with E-state index < -0.39 is 0 Å². The van der Waals surface area contributed by atoms with Gasteiger partial charge in [-0.15, -0.1) is 16.8 Å². The Morgan fingerprint density at radius 2 is 2.06 bits per heavy atom. The molecule has 0 saturated heterocycles. The summed E-state index contributed by atoms with van der Waals surface area (Å²) >= 11 is 7.39. The predicted octanol–water partition coefficient (Wildman–Crippen LogP) is 5.00. The molecule has 1 aromatic heterocycles. The first-order valence-corrected chi connectivity index (χ1v) is 10.9. The molecule has 1 N–H and O–H groups in total. The Kier molecular flexibility index (Phi) is 7.97. The average molecular weight is 459 g/mol. The van der Waals surface area contributed by atoms with E-state index in [0.717, 1.165) is 5.75 Å². The molecule has 0 saturated carbocycles. The zero-order chi connectivity index (χ0) is 22.2. The van der Waals surface area contributed by atoms with Gasteiger partial charge < -0.3 is 14.8 Å². The highest BCUT2D eigenvalue weighted by atomic mass is 35.5. The van der Waals surface area contributed by atoms with Gasteiger partial charge in [-0.2, -0.15) is 0 Å². The normalized spacial score (nSPS) is 11.6. The van der Waals surface area contributed by atoms with Crippen LogP contribution in [0.2, 0.25) is 5.02 Å². The summed E-state index contributed by atoms with van der Waals surface area (Å²) in [4.78, 5) is 12.4. The minimum Gasteiger partial charge on any atom is -0.495 e. The van der Waals surface area contributed by atoms with Crippen molar-refractivity contribution in [2.24, 2.45) is 0 Å². The third-order valence-electron chi connectivity index (χ3n) is 4.24. The number of ether oxygens (including phenoxy) is 2. The Balaban J connectivity index is 1.65. The predicted molar refractivity (Wildman–Crippen MR) is 123 cm³/mol. The van der Waals surface area contributed by atoms with Crippen LogP contribution in [0.4, 0.5) is 5.69 Å². The smallest absolute Gasteiger partial charge is 0.234 e. The average Bonchev–Trinajstić information content (AvgIpc) is 3.16. The van der Waals surface area contributed by atoms with Crippen LogP contribution in [0.5, 0.6) is 11.5 Å². The van der Waals surface area contributed by atoms with Crippen LogP contribution in [-0.2, 0) is 11.3 Å². The number of amides is 1. The van der Waals surface area contributed by atoms with Crippen LogP contribution in [0, 0.1) is 0 Å². The fraction of sp³-hybridized carbons (Fsp3) is 0.227. The van der Waals surface area contributed by atoms with Crippen LogP contribution in [-0.4, -0.2) is 33.5 Å². The van der Waals surface area contributed by atoms with Crippen molar-refractivity contribution in [3.05, 3.63) is 72.0 Å². The second-order valence-electron chi connectivity index (χ2n) is 6.50. The first-order chi connectivity index (χ1) is 15.0. The third-order valence-corrected chi connectivity index (χ3v) is 5.51. The molecule has 0 aliphatic heterocycles. The van der Waals surface area contributed by atoms with E-state index in [0.29, 0.717) is 34.0 Å². The summed E-state index contributed by atoms with van der Waals surface area (Å²) in [5.74, 6) is 1.93. The summed E-state index contributed by atoms with van der Waals surface area (Å²) in [7, 11) is 1.54. The molecule has 1 atom stereocenters. The minimum atomic E-state index is -0.320. The fourth-order valence-corrected chi connectivity index (χ4v) is 3.85. The topological polar surface area (TPSA) is 78.3 Å². The van der Waals surface area contributed by atoms with Gasteiger partial charge in [-0.05, 0) is 37.3 Å². The zero-order valence-electron chi connectivity index (χ0n) is 17.2. The Morgan fingerprint density at radius 3 is 2.74 bits per heavy atom. The van der Waals surface area contributed by atoms with Gasteiger partial charge in [-0.1, -0.05) is 47.6 Å². The lowest BCUT2D eigenvalue weighted by Gasteiger charge is -2.15. The Morgan fingerprint density at radius 1 is 1.29 bits per heavy atom. The van der Waals surface area contributed by atoms with E-state index in [4.69, 9.17) is 21.1 Å². The zero-order valence-corrected chi connectivity index (χ0v) is 18.8. The number of rotatable bonds is 10. The highest BCUT2D eigenvalue weighted by Gasteiger charge is 2.20. The minimum absolute atomic E-state index is 0.160. The van der Waals surface area contributed by atoms with Gasteiger partial charge >= 0.3 is 0 Å². The number of methoxy groups -OCH3 is 1. The number of nitrogens with zero attached hydrogens (tertiary/aromatic N) is 3. The second kappa shape index (κ2) is 10.9.